The highest BCUT2D eigenvalue weighted by atomic mass is 16.5. The third-order valence-corrected chi connectivity index (χ3v) is 5.41. The second kappa shape index (κ2) is 8.95. The smallest absolute Gasteiger partial charge is 0.302 e. The Bertz CT molecular complexity index is 1070. The average Bonchev–Trinajstić information content (AvgIpc) is 3.15. The second-order valence-electron chi connectivity index (χ2n) is 7.48. The van der Waals surface area contributed by atoms with Gasteiger partial charge in [-0.1, -0.05) is 36.4 Å². The minimum absolute atomic E-state index is 0.0684. The van der Waals surface area contributed by atoms with Crippen LogP contribution in [0.2, 0.25) is 0 Å². The van der Waals surface area contributed by atoms with Gasteiger partial charge in [0.2, 0.25) is 5.91 Å². The Hall–Kier alpha value is -3.41. The van der Waals surface area contributed by atoms with Crippen molar-refractivity contribution in [3.63, 3.8) is 0 Å². The Labute approximate surface area is 175 Å². The number of carbonyl (C=O) groups excluding carboxylic acids is 2. The van der Waals surface area contributed by atoms with E-state index in [1.54, 1.807) is 6.08 Å². The highest BCUT2D eigenvalue weighted by molar-refractivity contribution is 5.95. The van der Waals surface area contributed by atoms with E-state index in [2.05, 4.69) is 0 Å². The largest absolute Gasteiger partial charge is 0.464 e. The van der Waals surface area contributed by atoms with E-state index in [-0.39, 0.29) is 24.5 Å². The number of pyridine rings is 1. The van der Waals surface area contributed by atoms with Gasteiger partial charge in [0, 0.05) is 36.9 Å². The zero-order valence-electron chi connectivity index (χ0n) is 17.0. The van der Waals surface area contributed by atoms with E-state index in [0.717, 1.165) is 41.6 Å². The number of hydrogen-bond acceptors (Lipinski definition) is 4. The van der Waals surface area contributed by atoms with Crippen LogP contribution >= 0.6 is 0 Å². The van der Waals surface area contributed by atoms with Crippen molar-refractivity contribution in [2.75, 3.05) is 13.2 Å². The number of piperidine rings is 1. The second-order valence-corrected chi connectivity index (χ2v) is 7.48. The zero-order chi connectivity index (χ0) is 20.9. The first kappa shape index (κ1) is 19.9. The topological polar surface area (TPSA) is 63.9 Å². The maximum Gasteiger partial charge on any atom is 0.302 e. The first-order chi connectivity index (χ1) is 14.6. The molecule has 0 bridgehead atoms. The molecule has 1 amide bonds. The van der Waals surface area contributed by atoms with Gasteiger partial charge in [-0.2, -0.15) is 5.10 Å². The van der Waals surface area contributed by atoms with Crippen molar-refractivity contribution in [1.82, 2.24) is 14.5 Å². The lowest BCUT2D eigenvalue weighted by molar-refractivity contribution is -0.146. The maximum absolute atomic E-state index is 13.0. The van der Waals surface area contributed by atoms with E-state index < -0.39 is 0 Å². The van der Waals surface area contributed by atoms with E-state index in [1.807, 2.05) is 70.2 Å². The normalized spacial score (nSPS) is 16.8. The Morgan fingerprint density at radius 2 is 1.93 bits per heavy atom. The van der Waals surface area contributed by atoms with Crippen molar-refractivity contribution in [3.05, 3.63) is 66.4 Å². The number of benzene rings is 1. The number of ether oxygens (including phenoxy) is 1. The van der Waals surface area contributed by atoms with E-state index in [9.17, 15) is 9.59 Å². The van der Waals surface area contributed by atoms with Gasteiger partial charge < -0.3 is 9.64 Å². The molecule has 0 aliphatic carbocycles. The molecule has 3 heterocycles. The number of esters is 1. The molecule has 1 unspecified atom stereocenters. The van der Waals surface area contributed by atoms with Gasteiger partial charge in [0.15, 0.2) is 0 Å². The first-order valence-corrected chi connectivity index (χ1v) is 10.3. The van der Waals surface area contributed by atoms with Gasteiger partial charge in [-0.3, -0.25) is 9.59 Å². The summed E-state index contributed by atoms with van der Waals surface area (Å²) in [4.78, 5) is 26.0. The molecule has 6 heteroatoms. The van der Waals surface area contributed by atoms with Gasteiger partial charge in [-0.15, -0.1) is 0 Å². The zero-order valence-corrected chi connectivity index (χ0v) is 17.0. The molecule has 0 spiro atoms. The third-order valence-electron chi connectivity index (χ3n) is 5.41. The van der Waals surface area contributed by atoms with Crippen molar-refractivity contribution in [1.29, 1.82) is 0 Å². The Balaban J connectivity index is 1.63. The molecule has 0 saturated carbocycles. The molecule has 1 aliphatic rings. The molecular weight excluding hydrogens is 378 g/mol. The summed E-state index contributed by atoms with van der Waals surface area (Å²) >= 11 is 0. The van der Waals surface area contributed by atoms with Crippen molar-refractivity contribution in [2.24, 2.45) is 0 Å². The van der Waals surface area contributed by atoms with E-state index in [0.29, 0.717) is 6.54 Å². The van der Waals surface area contributed by atoms with Crippen LogP contribution in [-0.4, -0.2) is 45.6 Å². The molecule has 154 valence electrons. The third kappa shape index (κ3) is 4.27. The number of aromatic nitrogens is 2. The van der Waals surface area contributed by atoms with E-state index in [4.69, 9.17) is 9.84 Å². The van der Waals surface area contributed by atoms with Crippen LogP contribution in [0.1, 0.15) is 31.7 Å². The molecule has 1 fully saturated rings. The number of rotatable bonds is 5. The van der Waals surface area contributed by atoms with Crippen LogP contribution in [0.4, 0.5) is 0 Å². The molecular formula is C24H25N3O3. The quantitative estimate of drug-likeness (QED) is 0.478. The van der Waals surface area contributed by atoms with Crippen molar-refractivity contribution >= 4 is 23.5 Å². The Morgan fingerprint density at radius 1 is 1.13 bits per heavy atom. The summed E-state index contributed by atoms with van der Waals surface area (Å²) in [5.41, 5.74) is 3.68. The summed E-state index contributed by atoms with van der Waals surface area (Å²) in [6.45, 7) is 2.32. The Morgan fingerprint density at radius 3 is 2.73 bits per heavy atom. The average molecular weight is 403 g/mol. The molecule has 6 nitrogen and oxygen atoms in total. The minimum atomic E-state index is -0.317. The van der Waals surface area contributed by atoms with Gasteiger partial charge in [-0.25, -0.2) is 4.52 Å². The van der Waals surface area contributed by atoms with Crippen molar-refractivity contribution in [3.8, 4) is 11.3 Å². The van der Waals surface area contributed by atoms with Crippen LogP contribution in [0.5, 0.6) is 0 Å². The number of amides is 1. The van der Waals surface area contributed by atoms with Gasteiger partial charge in [0.05, 0.1) is 11.6 Å². The number of likely N-dealkylation sites (tertiary alicyclic amines) is 1. The van der Waals surface area contributed by atoms with Gasteiger partial charge in [0.1, 0.15) is 12.3 Å². The number of hydrogen-bond donors (Lipinski definition) is 0. The van der Waals surface area contributed by atoms with Gasteiger partial charge in [0.25, 0.3) is 0 Å². The van der Waals surface area contributed by atoms with Gasteiger partial charge in [-0.05, 0) is 37.5 Å². The van der Waals surface area contributed by atoms with Crippen LogP contribution in [0.25, 0.3) is 22.9 Å². The number of fused-ring (bicyclic) bond motifs is 1. The molecule has 1 aromatic carbocycles. The van der Waals surface area contributed by atoms with Crippen LogP contribution < -0.4 is 0 Å². The highest BCUT2D eigenvalue weighted by Crippen LogP contribution is 2.27. The fraction of sp³-hybridized carbons (Fsp3) is 0.292. The number of nitrogens with zero attached hydrogens (tertiary/aromatic N) is 3. The fourth-order valence-corrected chi connectivity index (χ4v) is 3.92. The van der Waals surface area contributed by atoms with Crippen molar-refractivity contribution < 1.29 is 14.3 Å². The molecule has 1 saturated heterocycles. The van der Waals surface area contributed by atoms with Crippen LogP contribution in [0, 0.1) is 0 Å². The fourth-order valence-electron chi connectivity index (χ4n) is 3.92. The number of carbonyl (C=O) groups is 2. The lowest BCUT2D eigenvalue weighted by Crippen LogP contribution is -2.45. The molecule has 4 rings (SSSR count). The predicted octanol–water partition coefficient (Wildman–Crippen LogP) is 3.96. The van der Waals surface area contributed by atoms with Crippen molar-refractivity contribution in [2.45, 2.75) is 32.2 Å². The molecule has 1 atom stereocenters. The standard InChI is InChI=1S/C24H25N3O3/c1-18(28)30-17-20-11-5-7-15-26(20)23(29)14-13-21-22-12-6-8-16-27(22)25-24(21)19-9-3-2-4-10-19/h2-4,6,8-10,12-14,16,20H,5,7,11,15,17H2,1H3/b14-13+. The van der Waals surface area contributed by atoms with Crippen LogP contribution in [0.15, 0.2) is 60.8 Å². The minimum Gasteiger partial charge on any atom is -0.464 e. The SMILES string of the molecule is CC(=O)OCC1CCCCN1C(=O)/C=C/c1c(-c2ccccc2)nn2ccccc12. The summed E-state index contributed by atoms with van der Waals surface area (Å²) in [5.74, 6) is -0.386. The summed E-state index contributed by atoms with van der Waals surface area (Å²) in [7, 11) is 0. The summed E-state index contributed by atoms with van der Waals surface area (Å²) in [5, 5.41) is 4.72. The van der Waals surface area contributed by atoms with E-state index in [1.165, 1.54) is 6.92 Å². The van der Waals surface area contributed by atoms with Gasteiger partial charge >= 0.3 is 5.97 Å². The Kier molecular flexibility index (Phi) is 5.93. The first-order valence-electron chi connectivity index (χ1n) is 10.3. The molecule has 1 aliphatic heterocycles. The lowest BCUT2D eigenvalue weighted by Gasteiger charge is -2.34. The summed E-state index contributed by atoms with van der Waals surface area (Å²) < 4.78 is 7.01. The monoisotopic (exact) mass is 403 g/mol. The lowest BCUT2D eigenvalue weighted by atomic mass is 10.0. The summed E-state index contributed by atoms with van der Waals surface area (Å²) in [6, 6.07) is 15.8. The molecule has 3 aromatic rings. The molecule has 30 heavy (non-hydrogen) atoms. The highest BCUT2D eigenvalue weighted by Gasteiger charge is 2.26. The van der Waals surface area contributed by atoms with E-state index >= 15 is 0 Å². The maximum atomic E-state index is 13.0. The molecule has 0 radical (unpaired) electrons. The van der Waals surface area contributed by atoms with Crippen LogP contribution in [-0.2, 0) is 14.3 Å². The summed E-state index contributed by atoms with van der Waals surface area (Å²) in [6.07, 6.45) is 8.21. The molecule has 2 aromatic heterocycles. The predicted molar refractivity (Wildman–Crippen MR) is 116 cm³/mol. The van der Waals surface area contributed by atoms with Crippen LogP contribution in [0.3, 0.4) is 0 Å². The molecule has 0 N–H and O–H groups in total.